The van der Waals surface area contributed by atoms with E-state index < -0.39 is 11.2 Å². The van der Waals surface area contributed by atoms with Crippen molar-refractivity contribution in [1.29, 1.82) is 0 Å². The van der Waals surface area contributed by atoms with Gasteiger partial charge in [-0.2, -0.15) is 0 Å². The minimum Gasteiger partial charge on any atom is -0.488 e. The highest BCUT2D eigenvalue weighted by Crippen LogP contribution is 2.34. The van der Waals surface area contributed by atoms with Crippen LogP contribution < -0.4 is 9.64 Å². The predicted octanol–water partition coefficient (Wildman–Crippen LogP) is 7.67. The molecule has 9 nitrogen and oxygen atoms in total. The maximum Gasteiger partial charge on any atom is 0.410 e. The molecule has 2 aromatic carbocycles. The summed E-state index contributed by atoms with van der Waals surface area (Å²) in [6.45, 7) is 18.4. The summed E-state index contributed by atoms with van der Waals surface area (Å²) >= 11 is 0. The van der Waals surface area contributed by atoms with Gasteiger partial charge in [0.25, 0.3) is 0 Å². The maximum absolute atomic E-state index is 12.9. The van der Waals surface area contributed by atoms with Gasteiger partial charge >= 0.3 is 12.1 Å². The number of methoxy groups -OCH3 is 1. The number of piperidine rings is 1. The van der Waals surface area contributed by atoms with Crippen LogP contribution in [0.25, 0.3) is 11.3 Å². The Balaban J connectivity index is 1.32. The van der Waals surface area contributed by atoms with E-state index in [4.69, 9.17) is 23.9 Å². The molecule has 0 N–H and O–H groups in total. The Morgan fingerprint density at radius 3 is 2.41 bits per heavy atom. The highest BCUT2D eigenvalue weighted by molar-refractivity contribution is 5.74. The molecule has 1 aromatic heterocycles. The van der Waals surface area contributed by atoms with Gasteiger partial charge in [-0.1, -0.05) is 36.8 Å². The van der Waals surface area contributed by atoms with Crippen LogP contribution in [-0.4, -0.2) is 66.0 Å². The average molecular weight is 672 g/mol. The van der Waals surface area contributed by atoms with Crippen LogP contribution in [0.2, 0.25) is 0 Å². The number of anilines is 1. The molecule has 0 saturated carbocycles. The minimum atomic E-state index is -0.542. The van der Waals surface area contributed by atoms with E-state index in [2.05, 4.69) is 43.0 Å². The lowest BCUT2D eigenvalue weighted by atomic mass is 9.91. The molecule has 0 spiro atoms. The van der Waals surface area contributed by atoms with E-state index >= 15 is 0 Å². The molecule has 3 aromatic rings. The number of hydrogen-bond acceptors (Lipinski definition) is 8. The standard InChI is InChI=1S/C40H53N3O6/c1-10-28-21-27(22-29-16-18-43(23-32(28)29)38(45)49-40(6,7)8)25-47-34-15-14-26(2)20-31(34)33-12-11-13-36(41-33)42-19-17-30(35(24-42)46-9)37(44)48-39(3,4)5/h11-15,20-22,30,35H,10,16-19,23-25H2,1-9H3/t30-,35+/m0/s1. The number of hydrogen-bond donors (Lipinski definition) is 0. The summed E-state index contributed by atoms with van der Waals surface area (Å²) in [5.41, 5.74) is 6.61. The zero-order chi connectivity index (χ0) is 35.5. The van der Waals surface area contributed by atoms with Crippen LogP contribution in [0, 0.1) is 12.8 Å². The van der Waals surface area contributed by atoms with Crippen LogP contribution in [0.15, 0.2) is 48.5 Å². The molecule has 0 unspecified atom stereocenters. The van der Waals surface area contributed by atoms with Gasteiger partial charge in [0.2, 0.25) is 0 Å². The van der Waals surface area contributed by atoms with Crippen molar-refractivity contribution in [2.45, 2.75) is 105 Å². The van der Waals surface area contributed by atoms with Crippen molar-refractivity contribution in [3.8, 4) is 17.0 Å². The second-order valence-corrected chi connectivity index (χ2v) is 15.2. The molecule has 2 atom stereocenters. The number of benzene rings is 2. The third-order valence-corrected chi connectivity index (χ3v) is 8.96. The highest BCUT2D eigenvalue weighted by Gasteiger charge is 2.37. The first-order chi connectivity index (χ1) is 23.1. The fraction of sp³-hybridized carbons (Fsp3) is 0.525. The Bertz CT molecular complexity index is 1640. The molecule has 9 heteroatoms. The first-order valence-corrected chi connectivity index (χ1v) is 17.5. The van der Waals surface area contributed by atoms with Crippen LogP contribution in [-0.2, 0) is 45.0 Å². The van der Waals surface area contributed by atoms with Gasteiger partial charge in [0.05, 0.1) is 17.7 Å². The summed E-state index contributed by atoms with van der Waals surface area (Å²) < 4.78 is 23.7. The largest absolute Gasteiger partial charge is 0.488 e. The van der Waals surface area contributed by atoms with Crippen LogP contribution in [0.1, 0.15) is 82.7 Å². The first-order valence-electron chi connectivity index (χ1n) is 17.5. The zero-order valence-corrected chi connectivity index (χ0v) is 30.7. The number of amides is 1. The van der Waals surface area contributed by atoms with E-state index in [9.17, 15) is 9.59 Å². The van der Waals surface area contributed by atoms with Crippen molar-refractivity contribution in [1.82, 2.24) is 9.88 Å². The number of aromatic nitrogens is 1. The average Bonchev–Trinajstić information content (AvgIpc) is 3.05. The molecule has 1 amide bonds. The summed E-state index contributed by atoms with van der Waals surface area (Å²) in [5.74, 6) is 1.06. The van der Waals surface area contributed by atoms with Gasteiger partial charge in [-0.15, -0.1) is 0 Å². The molecule has 3 heterocycles. The summed E-state index contributed by atoms with van der Waals surface area (Å²) in [5, 5.41) is 0. The van der Waals surface area contributed by atoms with Crippen LogP contribution in [0.5, 0.6) is 5.75 Å². The number of ether oxygens (including phenoxy) is 4. The fourth-order valence-corrected chi connectivity index (χ4v) is 6.59. The monoisotopic (exact) mass is 671 g/mol. The van der Waals surface area contributed by atoms with Crippen LogP contribution >= 0.6 is 0 Å². The number of rotatable bonds is 8. The van der Waals surface area contributed by atoms with E-state index in [0.717, 1.165) is 46.8 Å². The Labute approximate surface area is 291 Å². The quantitative estimate of drug-likeness (QED) is 0.226. The lowest BCUT2D eigenvalue weighted by molar-refractivity contribution is -0.165. The molecule has 2 aliphatic rings. The Morgan fingerprint density at radius 1 is 0.959 bits per heavy atom. The van der Waals surface area contributed by atoms with Gasteiger partial charge in [0.1, 0.15) is 29.4 Å². The second kappa shape index (κ2) is 14.8. The Kier molecular flexibility index (Phi) is 10.9. The fourth-order valence-electron chi connectivity index (χ4n) is 6.59. The molecule has 49 heavy (non-hydrogen) atoms. The van der Waals surface area contributed by atoms with Gasteiger partial charge in [0.15, 0.2) is 0 Å². The number of fused-ring (bicyclic) bond motifs is 1. The molecule has 0 aliphatic carbocycles. The summed E-state index contributed by atoms with van der Waals surface area (Å²) in [6, 6.07) is 16.7. The second-order valence-electron chi connectivity index (χ2n) is 15.2. The van der Waals surface area contributed by atoms with E-state index in [1.54, 1.807) is 12.0 Å². The number of carbonyl (C=O) groups is 2. The summed E-state index contributed by atoms with van der Waals surface area (Å²) in [7, 11) is 1.65. The van der Waals surface area contributed by atoms with Crippen molar-refractivity contribution in [3.05, 3.63) is 76.3 Å². The van der Waals surface area contributed by atoms with Crippen LogP contribution in [0.3, 0.4) is 0 Å². The SMILES string of the molecule is CCc1cc(COc2ccc(C)cc2-c2cccc(N3CC[C@H](C(=O)OC(C)(C)C)[C@H](OC)C3)n2)cc2c1CN(C(=O)OC(C)(C)C)CC2. The molecule has 0 radical (unpaired) electrons. The highest BCUT2D eigenvalue weighted by atomic mass is 16.6. The van der Waals surface area contributed by atoms with E-state index in [-0.39, 0.29) is 24.1 Å². The number of pyridine rings is 1. The van der Waals surface area contributed by atoms with E-state index in [0.29, 0.717) is 39.2 Å². The Hall–Kier alpha value is -4.11. The zero-order valence-electron chi connectivity index (χ0n) is 30.7. The number of esters is 1. The van der Waals surface area contributed by atoms with Crippen molar-refractivity contribution in [2.75, 3.05) is 31.6 Å². The van der Waals surface area contributed by atoms with E-state index in [1.807, 2.05) is 65.8 Å². The lowest BCUT2D eigenvalue weighted by Crippen LogP contribution is -2.49. The van der Waals surface area contributed by atoms with Crippen molar-refractivity contribution < 1.29 is 28.5 Å². The number of aryl methyl sites for hydroxylation is 2. The van der Waals surface area contributed by atoms with Crippen molar-refractivity contribution >= 4 is 17.9 Å². The summed E-state index contributed by atoms with van der Waals surface area (Å²) in [4.78, 5) is 34.8. The number of nitrogens with zero attached hydrogens (tertiary/aromatic N) is 3. The molecule has 1 saturated heterocycles. The maximum atomic E-state index is 12.9. The molecule has 264 valence electrons. The summed E-state index contributed by atoms with van der Waals surface area (Å²) in [6.07, 6.45) is 1.71. The van der Waals surface area contributed by atoms with Crippen molar-refractivity contribution in [3.63, 3.8) is 0 Å². The smallest absolute Gasteiger partial charge is 0.410 e. The molecule has 0 bridgehead atoms. The molecule has 2 aliphatic heterocycles. The van der Waals surface area contributed by atoms with Crippen molar-refractivity contribution in [2.24, 2.45) is 5.92 Å². The molecular weight excluding hydrogens is 618 g/mol. The van der Waals surface area contributed by atoms with Gasteiger partial charge in [-0.3, -0.25) is 4.79 Å². The van der Waals surface area contributed by atoms with Gasteiger partial charge in [-0.05, 0) is 114 Å². The third kappa shape index (κ3) is 9.12. The molecule has 1 fully saturated rings. The van der Waals surface area contributed by atoms with Gasteiger partial charge < -0.3 is 28.7 Å². The Morgan fingerprint density at radius 2 is 1.71 bits per heavy atom. The first kappa shape index (κ1) is 36.2. The van der Waals surface area contributed by atoms with Gasteiger partial charge in [-0.25, -0.2) is 9.78 Å². The van der Waals surface area contributed by atoms with Gasteiger partial charge in [0, 0.05) is 38.9 Å². The molecule has 5 rings (SSSR count). The molecular formula is C40H53N3O6. The predicted molar refractivity (Wildman–Crippen MR) is 192 cm³/mol. The van der Waals surface area contributed by atoms with E-state index in [1.165, 1.54) is 16.7 Å². The number of carbonyl (C=O) groups excluding carboxylic acids is 2. The minimum absolute atomic E-state index is 0.213. The topological polar surface area (TPSA) is 90.4 Å². The van der Waals surface area contributed by atoms with Crippen LogP contribution in [0.4, 0.5) is 10.6 Å². The lowest BCUT2D eigenvalue weighted by Gasteiger charge is -2.38. The normalized spacial score (nSPS) is 18.1. The third-order valence-electron chi connectivity index (χ3n) is 8.96.